The minimum absolute atomic E-state index is 0.123. The van der Waals surface area contributed by atoms with Crippen molar-refractivity contribution in [1.82, 2.24) is 20.6 Å². The Labute approximate surface area is 152 Å². The molecule has 2 aliphatic rings. The third-order valence-corrected chi connectivity index (χ3v) is 4.37. The summed E-state index contributed by atoms with van der Waals surface area (Å²) >= 11 is 0. The first-order valence-electron chi connectivity index (χ1n) is 8.75. The molecule has 1 saturated carbocycles. The first-order chi connectivity index (χ1) is 12.4. The minimum atomic E-state index is -0.302. The van der Waals surface area contributed by atoms with E-state index >= 15 is 0 Å². The predicted octanol–water partition coefficient (Wildman–Crippen LogP) is 0.929. The van der Waals surface area contributed by atoms with Crippen LogP contribution >= 0.6 is 0 Å². The fourth-order valence-electron chi connectivity index (χ4n) is 2.76. The van der Waals surface area contributed by atoms with Crippen LogP contribution in [0.3, 0.4) is 0 Å². The molecule has 0 aromatic carbocycles. The van der Waals surface area contributed by atoms with Gasteiger partial charge in [-0.05, 0) is 52.4 Å². The summed E-state index contributed by atoms with van der Waals surface area (Å²) in [5.41, 5.74) is 5.68. The van der Waals surface area contributed by atoms with Crippen LogP contribution in [0.2, 0.25) is 0 Å². The second-order valence-electron chi connectivity index (χ2n) is 6.96. The highest BCUT2D eigenvalue weighted by molar-refractivity contribution is 6.24. The SMILES string of the molecule is Cc1[nH]c(C=C2C(=O)NN=C2OC2CC2)c(C)c1C(=O)NCCN(C)C. The van der Waals surface area contributed by atoms with Gasteiger partial charge in [-0.15, -0.1) is 5.10 Å². The summed E-state index contributed by atoms with van der Waals surface area (Å²) in [5, 5.41) is 6.88. The van der Waals surface area contributed by atoms with Crippen LogP contribution in [0, 0.1) is 13.8 Å². The van der Waals surface area contributed by atoms with Gasteiger partial charge in [0.1, 0.15) is 11.7 Å². The number of likely N-dealkylation sites (N-methyl/N-ethyl adjacent to an activating group) is 1. The average Bonchev–Trinajstić information content (AvgIpc) is 3.26. The van der Waals surface area contributed by atoms with Crippen molar-refractivity contribution in [2.45, 2.75) is 32.8 Å². The van der Waals surface area contributed by atoms with Gasteiger partial charge in [-0.25, -0.2) is 5.43 Å². The number of aromatic amines is 1. The number of aryl methyl sites for hydroxylation is 1. The molecular formula is C18H25N5O3. The van der Waals surface area contributed by atoms with Crippen molar-refractivity contribution in [3.8, 4) is 0 Å². The van der Waals surface area contributed by atoms with Gasteiger partial charge >= 0.3 is 0 Å². The number of hydrogen-bond acceptors (Lipinski definition) is 5. The summed E-state index contributed by atoms with van der Waals surface area (Å²) < 4.78 is 5.68. The number of rotatable bonds is 6. The molecule has 2 heterocycles. The van der Waals surface area contributed by atoms with E-state index in [9.17, 15) is 9.59 Å². The van der Waals surface area contributed by atoms with Crippen LogP contribution in [0.25, 0.3) is 6.08 Å². The molecule has 1 aliphatic carbocycles. The van der Waals surface area contributed by atoms with Crippen LogP contribution in [0.5, 0.6) is 0 Å². The zero-order valence-corrected chi connectivity index (χ0v) is 15.6. The molecule has 1 aliphatic heterocycles. The van der Waals surface area contributed by atoms with Crippen molar-refractivity contribution >= 4 is 23.8 Å². The molecule has 0 saturated heterocycles. The number of nitrogens with zero attached hydrogens (tertiary/aromatic N) is 2. The molecule has 1 aromatic heterocycles. The van der Waals surface area contributed by atoms with Crippen molar-refractivity contribution in [2.75, 3.05) is 27.2 Å². The quantitative estimate of drug-likeness (QED) is 0.658. The zero-order valence-electron chi connectivity index (χ0n) is 15.6. The van der Waals surface area contributed by atoms with Crippen molar-refractivity contribution in [3.63, 3.8) is 0 Å². The van der Waals surface area contributed by atoms with E-state index in [0.29, 0.717) is 29.3 Å². The Bertz CT molecular complexity index is 787. The highest BCUT2D eigenvalue weighted by Crippen LogP contribution is 2.27. The van der Waals surface area contributed by atoms with Crippen LogP contribution in [0.15, 0.2) is 10.7 Å². The summed E-state index contributed by atoms with van der Waals surface area (Å²) in [4.78, 5) is 29.8. The number of H-pyrrole nitrogens is 1. The third-order valence-electron chi connectivity index (χ3n) is 4.37. The van der Waals surface area contributed by atoms with E-state index in [4.69, 9.17) is 4.74 Å². The van der Waals surface area contributed by atoms with Crippen LogP contribution in [-0.2, 0) is 9.53 Å². The lowest BCUT2D eigenvalue weighted by Gasteiger charge is -2.10. The molecule has 0 spiro atoms. The van der Waals surface area contributed by atoms with Crippen molar-refractivity contribution in [1.29, 1.82) is 0 Å². The lowest BCUT2D eigenvalue weighted by molar-refractivity contribution is -0.116. The number of nitrogens with one attached hydrogen (secondary N) is 3. The first kappa shape index (κ1) is 18.2. The lowest BCUT2D eigenvalue weighted by Crippen LogP contribution is -2.31. The molecule has 140 valence electrons. The zero-order chi connectivity index (χ0) is 18.8. The van der Waals surface area contributed by atoms with Gasteiger partial charge < -0.3 is 19.9 Å². The van der Waals surface area contributed by atoms with E-state index < -0.39 is 0 Å². The van der Waals surface area contributed by atoms with Gasteiger partial charge in [-0.3, -0.25) is 9.59 Å². The number of ether oxygens (including phenoxy) is 1. The molecule has 0 atom stereocenters. The van der Waals surface area contributed by atoms with Gasteiger partial charge in [-0.1, -0.05) is 0 Å². The van der Waals surface area contributed by atoms with E-state index in [1.54, 1.807) is 6.08 Å². The molecule has 1 aromatic rings. The Morgan fingerprint density at radius 3 is 2.77 bits per heavy atom. The van der Waals surface area contributed by atoms with Gasteiger partial charge in [0.25, 0.3) is 11.8 Å². The molecule has 0 bridgehead atoms. The van der Waals surface area contributed by atoms with E-state index in [0.717, 1.165) is 30.6 Å². The Morgan fingerprint density at radius 2 is 2.12 bits per heavy atom. The maximum atomic E-state index is 12.5. The normalized spacial score (nSPS) is 18.3. The summed E-state index contributed by atoms with van der Waals surface area (Å²) in [6.45, 7) is 5.05. The number of carbonyl (C=O) groups excluding carboxylic acids is 2. The largest absolute Gasteiger partial charge is 0.473 e. The van der Waals surface area contributed by atoms with Gasteiger partial charge in [0.2, 0.25) is 5.90 Å². The van der Waals surface area contributed by atoms with Gasteiger partial charge in [0, 0.05) is 24.5 Å². The number of hydrazone groups is 1. The fraction of sp³-hybridized carbons (Fsp3) is 0.500. The smallest absolute Gasteiger partial charge is 0.277 e. The predicted molar refractivity (Wildman–Crippen MR) is 98.8 cm³/mol. The van der Waals surface area contributed by atoms with Crippen LogP contribution in [-0.4, -0.2) is 60.9 Å². The summed E-state index contributed by atoms with van der Waals surface area (Å²) in [7, 11) is 3.91. The molecule has 8 heteroatoms. The first-order valence-corrected chi connectivity index (χ1v) is 8.75. The highest BCUT2D eigenvalue weighted by atomic mass is 16.5. The van der Waals surface area contributed by atoms with E-state index in [1.807, 2.05) is 32.8 Å². The third kappa shape index (κ3) is 3.96. The monoisotopic (exact) mass is 359 g/mol. The second kappa shape index (κ2) is 7.33. The molecule has 2 amide bonds. The molecule has 3 rings (SSSR count). The van der Waals surface area contributed by atoms with E-state index in [-0.39, 0.29) is 17.9 Å². The highest BCUT2D eigenvalue weighted by Gasteiger charge is 2.32. The number of carbonyl (C=O) groups is 2. The number of hydrogen-bond donors (Lipinski definition) is 3. The van der Waals surface area contributed by atoms with E-state index in [2.05, 4.69) is 20.8 Å². The Kier molecular flexibility index (Phi) is 5.13. The van der Waals surface area contributed by atoms with Gasteiger partial charge in [0.05, 0.1) is 5.56 Å². The topological polar surface area (TPSA) is 98.8 Å². The second-order valence-corrected chi connectivity index (χ2v) is 6.96. The number of amides is 2. The maximum Gasteiger partial charge on any atom is 0.277 e. The van der Waals surface area contributed by atoms with Crippen molar-refractivity contribution < 1.29 is 14.3 Å². The van der Waals surface area contributed by atoms with Crippen LogP contribution in [0.4, 0.5) is 0 Å². The van der Waals surface area contributed by atoms with Gasteiger partial charge in [-0.2, -0.15) is 0 Å². The van der Waals surface area contributed by atoms with Crippen LogP contribution in [0.1, 0.15) is 40.2 Å². The van der Waals surface area contributed by atoms with E-state index in [1.165, 1.54) is 0 Å². The molecule has 3 N–H and O–H groups in total. The van der Waals surface area contributed by atoms with Crippen molar-refractivity contribution in [2.24, 2.45) is 5.10 Å². The number of aromatic nitrogens is 1. The summed E-state index contributed by atoms with van der Waals surface area (Å²) in [6.07, 6.45) is 3.81. The molecule has 8 nitrogen and oxygen atoms in total. The molecule has 26 heavy (non-hydrogen) atoms. The summed E-state index contributed by atoms with van der Waals surface area (Å²) in [5.74, 6) is -0.104. The fourth-order valence-corrected chi connectivity index (χ4v) is 2.76. The van der Waals surface area contributed by atoms with Crippen molar-refractivity contribution in [3.05, 3.63) is 28.1 Å². The Morgan fingerprint density at radius 1 is 1.38 bits per heavy atom. The maximum absolute atomic E-state index is 12.5. The average molecular weight is 359 g/mol. The standard InChI is InChI=1S/C18H25N5O3/c1-10-14(9-13-16(24)21-22-18(13)26-12-5-6-12)20-11(2)15(10)17(25)19-7-8-23(3)4/h9,12,20H,5-8H2,1-4H3,(H,19,25)(H,21,24). The molecule has 0 radical (unpaired) electrons. The minimum Gasteiger partial charge on any atom is -0.473 e. The molecular weight excluding hydrogens is 334 g/mol. The summed E-state index contributed by atoms with van der Waals surface area (Å²) in [6, 6.07) is 0. The molecule has 0 unspecified atom stereocenters. The lowest BCUT2D eigenvalue weighted by atomic mass is 10.1. The molecule has 1 fully saturated rings. The van der Waals surface area contributed by atoms with Crippen LogP contribution < -0.4 is 10.7 Å². The Balaban J connectivity index is 1.79. The Hall–Kier alpha value is -2.61. The van der Waals surface area contributed by atoms with Gasteiger partial charge in [0.15, 0.2) is 0 Å².